The van der Waals surface area contributed by atoms with Crippen LogP contribution in [0, 0.1) is 5.92 Å². The predicted octanol–water partition coefficient (Wildman–Crippen LogP) is 0.570. The summed E-state index contributed by atoms with van der Waals surface area (Å²) in [5.41, 5.74) is 2.71. The first-order valence-corrected chi connectivity index (χ1v) is 7.42. The van der Waals surface area contributed by atoms with Gasteiger partial charge in [0, 0.05) is 13.0 Å². The third-order valence-corrected chi connectivity index (χ3v) is 4.20. The molecule has 0 saturated heterocycles. The summed E-state index contributed by atoms with van der Waals surface area (Å²) in [6.45, 7) is 5.01. The number of nitrogens with one attached hydrogen (secondary N) is 1. The Hall–Kier alpha value is -1.05. The average Bonchev–Trinajstić information content (AvgIpc) is 2.82. The zero-order chi connectivity index (χ0) is 14.6. The fourth-order valence-electron chi connectivity index (χ4n) is 3.36. The summed E-state index contributed by atoms with van der Waals surface area (Å²) in [6, 6.07) is 0.00870. The van der Waals surface area contributed by atoms with Crippen LogP contribution in [0.2, 0.25) is 0 Å². The Bertz CT molecular complexity index is 419. The maximum atomic E-state index is 6.15. The molecule has 20 heavy (non-hydrogen) atoms. The van der Waals surface area contributed by atoms with Gasteiger partial charge in [-0.2, -0.15) is 4.80 Å². The molecule has 0 aromatic carbocycles. The number of hydrogen-bond donors (Lipinski definition) is 2. The van der Waals surface area contributed by atoms with Crippen LogP contribution in [0.15, 0.2) is 0 Å². The molecule has 3 atom stereocenters. The van der Waals surface area contributed by atoms with Gasteiger partial charge in [-0.25, -0.2) is 0 Å². The molecule has 0 aliphatic heterocycles. The second-order valence-corrected chi connectivity index (χ2v) is 5.82. The highest BCUT2D eigenvalue weighted by molar-refractivity contribution is 5.00. The van der Waals surface area contributed by atoms with E-state index >= 15 is 0 Å². The van der Waals surface area contributed by atoms with E-state index in [9.17, 15) is 0 Å². The van der Waals surface area contributed by atoms with Crippen molar-refractivity contribution in [1.82, 2.24) is 25.6 Å². The van der Waals surface area contributed by atoms with Gasteiger partial charge in [-0.15, -0.1) is 10.2 Å². The van der Waals surface area contributed by atoms with Gasteiger partial charge in [0.15, 0.2) is 5.82 Å². The molecule has 0 radical (unpaired) electrons. The standard InChI is InChI=1S/C13H26N6O/c1-4-20-13(7-5-6-10(2)9-13)11(15-14)8-12-16-18-19(3)17-12/h10-11,15H,4-9,14H2,1-3H3. The van der Waals surface area contributed by atoms with E-state index in [1.54, 1.807) is 7.05 Å². The van der Waals surface area contributed by atoms with E-state index in [1.807, 2.05) is 6.92 Å². The minimum Gasteiger partial charge on any atom is -0.374 e. The van der Waals surface area contributed by atoms with Gasteiger partial charge in [-0.3, -0.25) is 11.3 Å². The summed E-state index contributed by atoms with van der Waals surface area (Å²) in [7, 11) is 1.77. The van der Waals surface area contributed by atoms with Gasteiger partial charge < -0.3 is 4.74 Å². The zero-order valence-electron chi connectivity index (χ0n) is 12.7. The van der Waals surface area contributed by atoms with Crippen LogP contribution in [-0.4, -0.2) is 38.5 Å². The molecule has 1 aliphatic carbocycles. The van der Waals surface area contributed by atoms with Crippen molar-refractivity contribution < 1.29 is 4.74 Å². The van der Waals surface area contributed by atoms with E-state index in [4.69, 9.17) is 10.6 Å². The molecule has 1 aliphatic rings. The summed E-state index contributed by atoms with van der Waals surface area (Å²) >= 11 is 0. The van der Waals surface area contributed by atoms with Gasteiger partial charge in [-0.1, -0.05) is 19.8 Å². The molecule has 1 aromatic heterocycles. The lowest BCUT2D eigenvalue weighted by atomic mass is 9.73. The topological polar surface area (TPSA) is 90.9 Å². The Morgan fingerprint density at radius 3 is 2.95 bits per heavy atom. The van der Waals surface area contributed by atoms with Gasteiger partial charge in [0.05, 0.1) is 18.7 Å². The molecule has 2 rings (SSSR count). The minimum absolute atomic E-state index is 0.00870. The highest BCUT2D eigenvalue weighted by atomic mass is 16.5. The van der Waals surface area contributed by atoms with Crippen LogP contribution < -0.4 is 11.3 Å². The van der Waals surface area contributed by atoms with Crippen molar-refractivity contribution in [1.29, 1.82) is 0 Å². The Morgan fingerprint density at radius 2 is 2.40 bits per heavy atom. The highest BCUT2D eigenvalue weighted by Crippen LogP contribution is 2.38. The Labute approximate surface area is 120 Å². The summed E-state index contributed by atoms with van der Waals surface area (Å²) in [5.74, 6) is 7.16. The first kappa shape index (κ1) is 15.3. The second-order valence-electron chi connectivity index (χ2n) is 5.82. The minimum atomic E-state index is -0.222. The molecule has 1 saturated carbocycles. The molecule has 0 amide bonds. The number of rotatable bonds is 6. The molecule has 7 nitrogen and oxygen atoms in total. The third-order valence-electron chi connectivity index (χ3n) is 4.20. The molecule has 7 heteroatoms. The van der Waals surface area contributed by atoms with Gasteiger partial charge in [0.1, 0.15) is 0 Å². The smallest absolute Gasteiger partial charge is 0.176 e. The predicted molar refractivity (Wildman–Crippen MR) is 75.6 cm³/mol. The number of nitrogens with zero attached hydrogens (tertiary/aromatic N) is 4. The van der Waals surface area contributed by atoms with Crippen molar-refractivity contribution >= 4 is 0 Å². The van der Waals surface area contributed by atoms with Gasteiger partial charge in [0.2, 0.25) is 0 Å². The Balaban J connectivity index is 2.15. The highest BCUT2D eigenvalue weighted by Gasteiger charge is 2.42. The number of nitrogens with two attached hydrogens (primary N) is 1. The largest absolute Gasteiger partial charge is 0.374 e. The molecular weight excluding hydrogens is 256 g/mol. The van der Waals surface area contributed by atoms with E-state index in [0.29, 0.717) is 24.8 Å². The molecule has 3 unspecified atom stereocenters. The Kier molecular flexibility index (Phi) is 5.06. The van der Waals surface area contributed by atoms with Gasteiger partial charge >= 0.3 is 0 Å². The molecule has 114 valence electrons. The summed E-state index contributed by atoms with van der Waals surface area (Å²) in [6.07, 6.45) is 5.12. The number of aryl methyl sites for hydroxylation is 1. The average molecular weight is 282 g/mol. The third kappa shape index (κ3) is 3.34. The van der Waals surface area contributed by atoms with Crippen LogP contribution in [0.4, 0.5) is 0 Å². The lowest BCUT2D eigenvalue weighted by Gasteiger charge is -2.44. The van der Waals surface area contributed by atoms with Crippen LogP contribution in [0.5, 0.6) is 0 Å². The van der Waals surface area contributed by atoms with Crippen molar-refractivity contribution in [2.24, 2.45) is 18.8 Å². The molecule has 0 spiro atoms. The first-order valence-electron chi connectivity index (χ1n) is 7.42. The van der Waals surface area contributed by atoms with E-state index in [2.05, 4.69) is 27.8 Å². The SMILES string of the molecule is CCOC1(C(Cc2nnn(C)n2)NN)CCCC(C)C1. The Morgan fingerprint density at radius 1 is 1.60 bits per heavy atom. The van der Waals surface area contributed by atoms with Crippen LogP contribution in [0.1, 0.15) is 45.4 Å². The van der Waals surface area contributed by atoms with Crippen molar-refractivity contribution in [3.05, 3.63) is 5.82 Å². The number of hydrazine groups is 1. The molecule has 0 bridgehead atoms. The van der Waals surface area contributed by atoms with Crippen LogP contribution in [-0.2, 0) is 18.2 Å². The summed E-state index contributed by atoms with van der Waals surface area (Å²) < 4.78 is 6.15. The van der Waals surface area contributed by atoms with Crippen LogP contribution >= 0.6 is 0 Å². The number of ether oxygens (including phenoxy) is 1. The maximum Gasteiger partial charge on any atom is 0.176 e. The molecule has 1 aromatic rings. The van der Waals surface area contributed by atoms with Crippen molar-refractivity contribution in [3.8, 4) is 0 Å². The quantitative estimate of drug-likeness (QED) is 0.585. The first-order chi connectivity index (χ1) is 9.59. The van der Waals surface area contributed by atoms with E-state index in [-0.39, 0.29) is 11.6 Å². The van der Waals surface area contributed by atoms with Crippen molar-refractivity contribution in [2.45, 2.75) is 57.6 Å². The van der Waals surface area contributed by atoms with E-state index in [0.717, 1.165) is 12.8 Å². The van der Waals surface area contributed by atoms with Crippen LogP contribution in [0.3, 0.4) is 0 Å². The zero-order valence-corrected chi connectivity index (χ0v) is 12.7. The second kappa shape index (κ2) is 6.60. The lowest BCUT2D eigenvalue weighted by molar-refractivity contribution is -0.101. The normalized spacial score (nSPS) is 28.5. The maximum absolute atomic E-state index is 6.15. The van der Waals surface area contributed by atoms with Gasteiger partial charge in [0.25, 0.3) is 0 Å². The van der Waals surface area contributed by atoms with E-state index < -0.39 is 0 Å². The molecular formula is C13H26N6O. The van der Waals surface area contributed by atoms with Gasteiger partial charge in [-0.05, 0) is 30.9 Å². The van der Waals surface area contributed by atoms with Crippen molar-refractivity contribution in [3.63, 3.8) is 0 Å². The summed E-state index contributed by atoms with van der Waals surface area (Å²) in [5, 5.41) is 12.2. The van der Waals surface area contributed by atoms with Crippen molar-refractivity contribution in [2.75, 3.05) is 6.61 Å². The number of aromatic nitrogens is 4. The van der Waals surface area contributed by atoms with Crippen LogP contribution in [0.25, 0.3) is 0 Å². The monoisotopic (exact) mass is 282 g/mol. The fourth-order valence-corrected chi connectivity index (χ4v) is 3.36. The number of hydrogen-bond acceptors (Lipinski definition) is 6. The fraction of sp³-hybridized carbons (Fsp3) is 0.923. The number of tetrazole rings is 1. The lowest BCUT2D eigenvalue weighted by Crippen LogP contribution is -2.58. The summed E-state index contributed by atoms with van der Waals surface area (Å²) in [4.78, 5) is 1.47. The molecule has 3 N–H and O–H groups in total. The molecule has 1 heterocycles. The van der Waals surface area contributed by atoms with E-state index in [1.165, 1.54) is 17.6 Å². The molecule has 1 fully saturated rings.